The Labute approximate surface area is 160 Å². The summed E-state index contributed by atoms with van der Waals surface area (Å²) >= 11 is 18.1. The first-order chi connectivity index (χ1) is 12.0. The highest BCUT2D eigenvalue weighted by Crippen LogP contribution is 2.28. The minimum atomic E-state index is -0.560. The molecule has 0 aliphatic carbocycles. The SMILES string of the molecule is O=C(Nc1ccc(Cl)cc1Cl)[C@H]1CCC(=O)N1Cc1ccccc1Cl. The minimum absolute atomic E-state index is 0.0673. The van der Waals surface area contributed by atoms with Gasteiger partial charge < -0.3 is 10.2 Å². The molecule has 1 N–H and O–H groups in total. The molecule has 2 amide bonds. The molecule has 0 bridgehead atoms. The van der Waals surface area contributed by atoms with Crippen molar-refractivity contribution in [3.05, 3.63) is 63.1 Å². The maximum absolute atomic E-state index is 12.7. The summed E-state index contributed by atoms with van der Waals surface area (Å²) in [6.07, 6.45) is 0.789. The van der Waals surface area contributed by atoms with Crippen molar-refractivity contribution in [3.63, 3.8) is 0 Å². The fourth-order valence-electron chi connectivity index (χ4n) is 2.82. The van der Waals surface area contributed by atoms with Gasteiger partial charge in [0, 0.05) is 23.0 Å². The first-order valence-electron chi connectivity index (χ1n) is 7.74. The van der Waals surface area contributed by atoms with Gasteiger partial charge in [0.1, 0.15) is 6.04 Å². The highest BCUT2D eigenvalue weighted by molar-refractivity contribution is 6.36. The third-order valence-corrected chi connectivity index (χ3v) is 5.03. The summed E-state index contributed by atoms with van der Waals surface area (Å²) in [5.74, 6) is -0.343. The van der Waals surface area contributed by atoms with E-state index in [1.807, 2.05) is 18.2 Å². The van der Waals surface area contributed by atoms with E-state index in [0.29, 0.717) is 40.1 Å². The quantitative estimate of drug-likeness (QED) is 0.807. The van der Waals surface area contributed by atoms with Crippen LogP contribution >= 0.6 is 34.8 Å². The maximum Gasteiger partial charge on any atom is 0.247 e. The number of halogens is 3. The molecule has 7 heteroatoms. The molecule has 3 rings (SSSR count). The van der Waals surface area contributed by atoms with Crippen LogP contribution < -0.4 is 5.32 Å². The lowest BCUT2D eigenvalue weighted by molar-refractivity contribution is -0.133. The Morgan fingerprint density at radius 2 is 1.88 bits per heavy atom. The van der Waals surface area contributed by atoms with Crippen LogP contribution in [0.1, 0.15) is 18.4 Å². The molecule has 4 nitrogen and oxygen atoms in total. The van der Waals surface area contributed by atoms with E-state index >= 15 is 0 Å². The molecule has 25 heavy (non-hydrogen) atoms. The van der Waals surface area contributed by atoms with E-state index in [1.165, 1.54) is 0 Å². The van der Waals surface area contributed by atoms with Crippen LogP contribution in [0.5, 0.6) is 0 Å². The largest absolute Gasteiger partial charge is 0.326 e. The Kier molecular flexibility index (Phi) is 5.52. The Balaban J connectivity index is 1.76. The zero-order valence-corrected chi connectivity index (χ0v) is 15.4. The second-order valence-electron chi connectivity index (χ2n) is 5.78. The third-order valence-electron chi connectivity index (χ3n) is 4.12. The average molecular weight is 398 g/mol. The fraction of sp³-hybridized carbons (Fsp3) is 0.222. The number of carbonyl (C=O) groups is 2. The number of amides is 2. The van der Waals surface area contributed by atoms with Crippen LogP contribution in [-0.2, 0) is 16.1 Å². The van der Waals surface area contributed by atoms with E-state index in [2.05, 4.69) is 5.32 Å². The van der Waals surface area contributed by atoms with E-state index in [4.69, 9.17) is 34.8 Å². The molecule has 130 valence electrons. The lowest BCUT2D eigenvalue weighted by atomic mass is 10.1. The molecule has 0 unspecified atom stereocenters. The number of anilines is 1. The van der Waals surface area contributed by atoms with Crippen molar-refractivity contribution in [1.82, 2.24) is 4.90 Å². The molecule has 0 saturated carbocycles. The zero-order chi connectivity index (χ0) is 18.0. The van der Waals surface area contributed by atoms with Gasteiger partial charge in [0.05, 0.1) is 10.7 Å². The van der Waals surface area contributed by atoms with E-state index in [-0.39, 0.29) is 11.8 Å². The van der Waals surface area contributed by atoms with Gasteiger partial charge in [0.25, 0.3) is 0 Å². The molecule has 1 aliphatic rings. The number of benzene rings is 2. The van der Waals surface area contributed by atoms with Gasteiger partial charge in [-0.25, -0.2) is 0 Å². The van der Waals surface area contributed by atoms with Crippen LogP contribution in [0.25, 0.3) is 0 Å². The van der Waals surface area contributed by atoms with Crippen LogP contribution in [0.3, 0.4) is 0 Å². The fourth-order valence-corrected chi connectivity index (χ4v) is 3.47. The van der Waals surface area contributed by atoms with Crippen LogP contribution in [0.2, 0.25) is 15.1 Å². The Hall–Kier alpha value is -1.75. The van der Waals surface area contributed by atoms with Crippen molar-refractivity contribution < 1.29 is 9.59 Å². The molecule has 1 fully saturated rings. The molecule has 2 aromatic rings. The molecular weight excluding hydrogens is 383 g/mol. The van der Waals surface area contributed by atoms with Gasteiger partial charge in [-0.3, -0.25) is 9.59 Å². The van der Waals surface area contributed by atoms with Crippen molar-refractivity contribution in [2.75, 3.05) is 5.32 Å². The topological polar surface area (TPSA) is 49.4 Å². The van der Waals surface area contributed by atoms with Gasteiger partial charge in [-0.05, 0) is 36.2 Å². The third kappa shape index (κ3) is 4.09. The summed E-state index contributed by atoms with van der Waals surface area (Å²) in [6.45, 7) is 0.297. The summed E-state index contributed by atoms with van der Waals surface area (Å²) in [5, 5.41) is 4.18. The normalized spacial score (nSPS) is 17.0. The summed E-state index contributed by atoms with van der Waals surface area (Å²) in [5.41, 5.74) is 1.27. The Morgan fingerprint density at radius 3 is 2.60 bits per heavy atom. The Bertz CT molecular complexity index is 826. The number of nitrogens with one attached hydrogen (secondary N) is 1. The van der Waals surface area contributed by atoms with Gasteiger partial charge in [0.15, 0.2) is 0 Å². The van der Waals surface area contributed by atoms with E-state index < -0.39 is 6.04 Å². The van der Waals surface area contributed by atoms with Crippen LogP contribution in [0.4, 0.5) is 5.69 Å². The zero-order valence-electron chi connectivity index (χ0n) is 13.1. The molecule has 1 heterocycles. The number of hydrogen-bond donors (Lipinski definition) is 1. The van der Waals surface area contributed by atoms with Crippen molar-refractivity contribution in [1.29, 1.82) is 0 Å². The van der Waals surface area contributed by atoms with Gasteiger partial charge >= 0.3 is 0 Å². The first kappa shape index (κ1) is 18.1. The molecule has 1 aliphatic heterocycles. The highest BCUT2D eigenvalue weighted by Gasteiger charge is 2.36. The first-order valence-corrected chi connectivity index (χ1v) is 8.88. The van der Waals surface area contributed by atoms with E-state index in [1.54, 1.807) is 29.2 Å². The van der Waals surface area contributed by atoms with Gasteiger partial charge in [-0.2, -0.15) is 0 Å². The van der Waals surface area contributed by atoms with Gasteiger partial charge in [0.2, 0.25) is 11.8 Å². The Morgan fingerprint density at radius 1 is 1.12 bits per heavy atom. The second-order valence-corrected chi connectivity index (χ2v) is 7.03. The minimum Gasteiger partial charge on any atom is -0.326 e. The van der Waals surface area contributed by atoms with Crippen LogP contribution in [0, 0.1) is 0 Å². The molecule has 1 atom stereocenters. The monoisotopic (exact) mass is 396 g/mol. The standard InChI is InChI=1S/C18H15Cl3N2O2/c19-12-5-6-15(14(21)9-12)22-18(25)16-7-8-17(24)23(16)10-11-3-1-2-4-13(11)20/h1-6,9,16H,7-8,10H2,(H,22,25)/t16-/m1/s1. The summed E-state index contributed by atoms with van der Waals surface area (Å²) < 4.78 is 0. The molecular formula is C18H15Cl3N2O2. The number of likely N-dealkylation sites (tertiary alicyclic amines) is 1. The predicted molar refractivity (Wildman–Crippen MR) is 100 cm³/mol. The smallest absolute Gasteiger partial charge is 0.247 e. The molecule has 0 aromatic heterocycles. The second kappa shape index (κ2) is 7.65. The maximum atomic E-state index is 12.7. The number of carbonyl (C=O) groups excluding carboxylic acids is 2. The van der Waals surface area contributed by atoms with Crippen LogP contribution in [0.15, 0.2) is 42.5 Å². The van der Waals surface area contributed by atoms with Gasteiger partial charge in [-0.15, -0.1) is 0 Å². The predicted octanol–water partition coefficient (Wildman–Crippen LogP) is 4.78. The summed E-state index contributed by atoms with van der Waals surface area (Å²) in [6, 6.07) is 11.6. The van der Waals surface area contributed by atoms with Crippen molar-refractivity contribution in [2.45, 2.75) is 25.4 Å². The number of rotatable bonds is 4. The molecule has 2 aromatic carbocycles. The van der Waals surface area contributed by atoms with Crippen molar-refractivity contribution >= 4 is 52.3 Å². The van der Waals surface area contributed by atoms with Crippen LogP contribution in [-0.4, -0.2) is 22.8 Å². The highest BCUT2D eigenvalue weighted by atomic mass is 35.5. The summed E-state index contributed by atoms with van der Waals surface area (Å²) in [4.78, 5) is 26.4. The average Bonchev–Trinajstić information content (AvgIpc) is 2.93. The molecule has 0 spiro atoms. The molecule has 1 saturated heterocycles. The number of nitrogens with zero attached hydrogens (tertiary/aromatic N) is 1. The lowest BCUT2D eigenvalue weighted by Crippen LogP contribution is -2.41. The van der Waals surface area contributed by atoms with E-state index in [9.17, 15) is 9.59 Å². The number of hydrogen-bond acceptors (Lipinski definition) is 2. The van der Waals surface area contributed by atoms with Gasteiger partial charge in [-0.1, -0.05) is 53.0 Å². The van der Waals surface area contributed by atoms with Crippen molar-refractivity contribution in [3.8, 4) is 0 Å². The molecule has 0 radical (unpaired) electrons. The summed E-state index contributed by atoms with van der Waals surface area (Å²) in [7, 11) is 0. The lowest BCUT2D eigenvalue weighted by Gasteiger charge is -2.24. The van der Waals surface area contributed by atoms with E-state index in [0.717, 1.165) is 5.56 Å². The van der Waals surface area contributed by atoms with Crippen molar-refractivity contribution in [2.24, 2.45) is 0 Å².